The molecule has 0 spiro atoms. The molecule has 0 atom stereocenters. The van der Waals surface area contributed by atoms with Crippen molar-refractivity contribution in [3.63, 3.8) is 0 Å². The van der Waals surface area contributed by atoms with Gasteiger partial charge in [-0.2, -0.15) is 0 Å². The molecule has 0 bridgehead atoms. The van der Waals surface area contributed by atoms with Gasteiger partial charge in [-0.05, 0) is 32.8 Å². The van der Waals surface area contributed by atoms with E-state index in [-0.39, 0.29) is 11.8 Å². The number of aromatic nitrogens is 2. The number of hydrogen-bond donors (Lipinski definition) is 3. The van der Waals surface area contributed by atoms with Gasteiger partial charge >= 0.3 is 0 Å². The summed E-state index contributed by atoms with van der Waals surface area (Å²) in [5.41, 5.74) is 6.19. The van der Waals surface area contributed by atoms with Crippen LogP contribution >= 0.6 is 0 Å². The van der Waals surface area contributed by atoms with Crippen LogP contribution in [-0.2, 0) is 9.59 Å². The second-order valence-electron chi connectivity index (χ2n) is 5.88. The summed E-state index contributed by atoms with van der Waals surface area (Å²) in [6.07, 6.45) is 4.23. The van der Waals surface area contributed by atoms with Gasteiger partial charge in [-0.1, -0.05) is 19.3 Å². The van der Waals surface area contributed by atoms with Crippen LogP contribution in [0.25, 0.3) is 0 Å². The lowest BCUT2D eigenvalue weighted by molar-refractivity contribution is -0.133. The third kappa shape index (κ3) is 3.93. The highest BCUT2D eigenvalue weighted by atomic mass is 16.2. The summed E-state index contributed by atoms with van der Waals surface area (Å²) in [5, 5.41) is 2.82. The number of carbonyl (C=O) groups is 2. The Kier molecular flexibility index (Phi) is 4.95. The van der Waals surface area contributed by atoms with E-state index in [1.165, 1.54) is 6.92 Å². The fourth-order valence-corrected chi connectivity index (χ4v) is 2.92. The van der Waals surface area contributed by atoms with Crippen LogP contribution in [0.2, 0.25) is 0 Å². The van der Waals surface area contributed by atoms with Gasteiger partial charge in [-0.3, -0.25) is 20.4 Å². The van der Waals surface area contributed by atoms with E-state index in [1.54, 1.807) is 0 Å². The molecule has 1 aromatic rings. The zero-order valence-electron chi connectivity index (χ0n) is 13.3. The minimum atomic E-state index is -0.837. The Morgan fingerprint density at radius 3 is 2.23 bits per heavy atom. The minimum Gasteiger partial charge on any atom is -0.342 e. The fourth-order valence-electron chi connectivity index (χ4n) is 2.92. The predicted octanol–water partition coefficient (Wildman–Crippen LogP) is 1.38. The van der Waals surface area contributed by atoms with Crippen LogP contribution in [0, 0.1) is 13.8 Å². The van der Waals surface area contributed by atoms with Crippen molar-refractivity contribution in [1.82, 2.24) is 20.7 Å². The zero-order valence-corrected chi connectivity index (χ0v) is 13.3. The normalized spacial score (nSPS) is 16.7. The van der Waals surface area contributed by atoms with E-state index < -0.39 is 5.54 Å². The summed E-state index contributed by atoms with van der Waals surface area (Å²) in [7, 11) is 0. The molecule has 2 amide bonds. The van der Waals surface area contributed by atoms with E-state index in [1.807, 2.05) is 19.9 Å². The zero-order chi connectivity index (χ0) is 16.2. The Bertz CT molecular complexity index is 547. The first-order valence-electron chi connectivity index (χ1n) is 7.59. The number of amides is 2. The maximum Gasteiger partial charge on any atom is 0.264 e. The second kappa shape index (κ2) is 6.72. The molecule has 1 aromatic heterocycles. The molecule has 0 aliphatic heterocycles. The van der Waals surface area contributed by atoms with Gasteiger partial charge in [0, 0.05) is 18.3 Å². The van der Waals surface area contributed by atoms with Crippen LogP contribution in [-0.4, -0.2) is 27.3 Å². The van der Waals surface area contributed by atoms with Crippen molar-refractivity contribution in [3.8, 4) is 0 Å². The average molecular weight is 305 g/mol. The summed E-state index contributed by atoms with van der Waals surface area (Å²) in [6.45, 7) is 5.16. The minimum absolute atomic E-state index is 0.195. The summed E-state index contributed by atoms with van der Waals surface area (Å²) in [4.78, 5) is 32.4. The number of anilines is 1. The summed E-state index contributed by atoms with van der Waals surface area (Å²) < 4.78 is 0. The van der Waals surface area contributed by atoms with E-state index in [2.05, 4.69) is 26.1 Å². The Morgan fingerprint density at radius 1 is 1.09 bits per heavy atom. The maximum atomic E-state index is 12.6. The van der Waals surface area contributed by atoms with E-state index >= 15 is 0 Å². The molecule has 1 saturated carbocycles. The lowest BCUT2D eigenvalue weighted by Crippen LogP contribution is -2.60. The monoisotopic (exact) mass is 305 g/mol. The van der Waals surface area contributed by atoms with Crippen molar-refractivity contribution < 1.29 is 9.59 Å². The lowest BCUT2D eigenvalue weighted by Gasteiger charge is -2.36. The van der Waals surface area contributed by atoms with Gasteiger partial charge in [0.15, 0.2) is 0 Å². The molecular weight excluding hydrogens is 282 g/mol. The highest BCUT2D eigenvalue weighted by Crippen LogP contribution is 2.28. The first-order chi connectivity index (χ1) is 10.4. The second-order valence-corrected chi connectivity index (χ2v) is 5.88. The molecule has 1 fully saturated rings. The van der Waals surface area contributed by atoms with Crippen LogP contribution in [0.3, 0.4) is 0 Å². The Labute approximate surface area is 130 Å². The first-order valence-corrected chi connectivity index (χ1v) is 7.59. The number of nitrogens with one attached hydrogen (secondary N) is 3. The van der Waals surface area contributed by atoms with Crippen molar-refractivity contribution in [2.45, 2.75) is 58.4 Å². The molecule has 0 radical (unpaired) electrons. The fraction of sp³-hybridized carbons (Fsp3) is 0.600. The Hall–Kier alpha value is -2.18. The van der Waals surface area contributed by atoms with Crippen LogP contribution in [0.15, 0.2) is 6.07 Å². The molecule has 7 nitrogen and oxygen atoms in total. The quantitative estimate of drug-likeness (QED) is 0.730. The number of hydrazine groups is 1. The van der Waals surface area contributed by atoms with Gasteiger partial charge in [0.2, 0.25) is 11.9 Å². The third-order valence-electron chi connectivity index (χ3n) is 3.83. The number of rotatable bonds is 4. The molecule has 1 aliphatic carbocycles. The highest BCUT2D eigenvalue weighted by Gasteiger charge is 2.40. The SMILES string of the molecule is CC(=O)NC1(C(=O)NNc2nc(C)cc(C)n2)CCCCC1. The molecule has 0 unspecified atom stereocenters. The van der Waals surface area contributed by atoms with E-state index in [9.17, 15) is 9.59 Å². The number of nitrogens with zero attached hydrogens (tertiary/aromatic N) is 2. The van der Waals surface area contributed by atoms with Crippen molar-refractivity contribution >= 4 is 17.8 Å². The Balaban J connectivity index is 2.06. The standard InChI is InChI=1S/C15H23N5O2/c1-10-9-11(2)17-14(16-10)20-19-13(22)15(18-12(3)21)7-5-4-6-8-15/h9H,4-8H2,1-3H3,(H,18,21)(H,19,22)(H,16,17,20). The molecule has 120 valence electrons. The molecule has 2 rings (SSSR count). The molecule has 22 heavy (non-hydrogen) atoms. The van der Waals surface area contributed by atoms with Crippen LogP contribution in [0.1, 0.15) is 50.4 Å². The molecule has 3 N–H and O–H groups in total. The van der Waals surface area contributed by atoms with E-state index in [0.717, 1.165) is 30.7 Å². The van der Waals surface area contributed by atoms with Crippen molar-refractivity contribution in [1.29, 1.82) is 0 Å². The van der Waals surface area contributed by atoms with E-state index in [4.69, 9.17) is 0 Å². The lowest BCUT2D eigenvalue weighted by atomic mass is 9.81. The van der Waals surface area contributed by atoms with Crippen LogP contribution in [0.4, 0.5) is 5.95 Å². The number of aryl methyl sites for hydroxylation is 2. The predicted molar refractivity (Wildman–Crippen MR) is 82.9 cm³/mol. The molecule has 0 aromatic carbocycles. The topological polar surface area (TPSA) is 96.0 Å². The van der Waals surface area contributed by atoms with Gasteiger partial charge in [-0.15, -0.1) is 0 Å². The van der Waals surface area contributed by atoms with Crippen molar-refractivity contribution in [2.24, 2.45) is 0 Å². The first kappa shape index (κ1) is 16.2. The van der Waals surface area contributed by atoms with Gasteiger partial charge in [0.1, 0.15) is 5.54 Å². The Morgan fingerprint density at radius 2 is 1.68 bits per heavy atom. The molecular formula is C15H23N5O2. The van der Waals surface area contributed by atoms with Gasteiger partial charge in [-0.25, -0.2) is 9.97 Å². The smallest absolute Gasteiger partial charge is 0.264 e. The summed E-state index contributed by atoms with van der Waals surface area (Å²) >= 11 is 0. The molecule has 1 heterocycles. The third-order valence-corrected chi connectivity index (χ3v) is 3.83. The van der Waals surface area contributed by atoms with Crippen molar-refractivity contribution in [2.75, 3.05) is 5.43 Å². The number of carbonyl (C=O) groups excluding carboxylic acids is 2. The van der Waals surface area contributed by atoms with Gasteiger partial charge < -0.3 is 5.32 Å². The van der Waals surface area contributed by atoms with E-state index in [0.29, 0.717) is 18.8 Å². The number of hydrogen-bond acceptors (Lipinski definition) is 5. The highest BCUT2D eigenvalue weighted by molar-refractivity contribution is 5.91. The van der Waals surface area contributed by atoms with Crippen LogP contribution < -0.4 is 16.2 Å². The molecule has 7 heteroatoms. The van der Waals surface area contributed by atoms with Gasteiger partial charge in [0.25, 0.3) is 5.91 Å². The van der Waals surface area contributed by atoms with Crippen molar-refractivity contribution in [3.05, 3.63) is 17.5 Å². The molecule has 1 aliphatic rings. The van der Waals surface area contributed by atoms with Gasteiger partial charge in [0.05, 0.1) is 0 Å². The molecule has 0 saturated heterocycles. The summed E-state index contributed by atoms with van der Waals surface area (Å²) in [6, 6.07) is 1.85. The average Bonchev–Trinajstić information content (AvgIpc) is 2.44. The largest absolute Gasteiger partial charge is 0.342 e. The summed E-state index contributed by atoms with van der Waals surface area (Å²) in [5.74, 6) is -0.0931. The maximum absolute atomic E-state index is 12.6. The van der Waals surface area contributed by atoms with Crippen LogP contribution in [0.5, 0.6) is 0 Å².